The predicted octanol–water partition coefficient (Wildman–Crippen LogP) is 3.49. The topological polar surface area (TPSA) is 77.2 Å². The second-order valence-corrected chi connectivity index (χ2v) is 8.42. The summed E-state index contributed by atoms with van der Waals surface area (Å²) in [5.74, 6) is 0.207. The largest absolute Gasteiger partial charge is 0.361 e. The van der Waals surface area contributed by atoms with Crippen molar-refractivity contribution >= 4 is 22.7 Å². The summed E-state index contributed by atoms with van der Waals surface area (Å²) in [7, 11) is 2.15. The van der Waals surface area contributed by atoms with Gasteiger partial charge in [-0.05, 0) is 74.5 Å². The van der Waals surface area contributed by atoms with Crippen molar-refractivity contribution in [1.82, 2.24) is 20.5 Å². The number of nitrogens with one attached hydrogen (secondary N) is 3. The van der Waals surface area contributed by atoms with E-state index in [2.05, 4.69) is 27.6 Å². The Morgan fingerprint density at radius 3 is 2.65 bits per heavy atom. The van der Waals surface area contributed by atoms with Gasteiger partial charge in [-0.3, -0.25) is 9.59 Å². The lowest BCUT2D eigenvalue weighted by molar-refractivity contribution is -0.123. The van der Waals surface area contributed by atoms with E-state index in [1.165, 1.54) is 12.8 Å². The zero-order valence-electron chi connectivity index (χ0n) is 17.9. The lowest BCUT2D eigenvalue weighted by atomic mass is 9.94. The molecule has 31 heavy (non-hydrogen) atoms. The number of likely N-dealkylation sites (tertiary alicyclic amines) is 1. The van der Waals surface area contributed by atoms with Crippen LogP contribution in [0.15, 0.2) is 60.8 Å². The van der Waals surface area contributed by atoms with Gasteiger partial charge in [0, 0.05) is 23.8 Å². The fourth-order valence-corrected chi connectivity index (χ4v) is 4.20. The summed E-state index contributed by atoms with van der Waals surface area (Å²) in [4.78, 5) is 31.4. The maximum Gasteiger partial charge on any atom is 0.252 e. The maximum atomic E-state index is 13.0. The van der Waals surface area contributed by atoms with E-state index < -0.39 is 6.04 Å². The van der Waals surface area contributed by atoms with Crippen molar-refractivity contribution in [1.29, 1.82) is 0 Å². The van der Waals surface area contributed by atoms with E-state index in [1.54, 1.807) is 6.07 Å². The smallest absolute Gasteiger partial charge is 0.252 e. The molecule has 2 aromatic carbocycles. The first-order valence-corrected chi connectivity index (χ1v) is 11.0. The molecular weight excluding hydrogens is 388 g/mol. The molecule has 0 aliphatic carbocycles. The lowest BCUT2D eigenvalue weighted by Crippen LogP contribution is -2.41. The van der Waals surface area contributed by atoms with E-state index >= 15 is 0 Å². The van der Waals surface area contributed by atoms with Crippen molar-refractivity contribution in [3.63, 3.8) is 0 Å². The van der Waals surface area contributed by atoms with Gasteiger partial charge < -0.3 is 20.5 Å². The number of H-pyrrole nitrogens is 1. The monoisotopic (exact) mass is 418 g/mol. The Hall–Kier alpha value is -3.12. The summed E-state index contributed by atoms with van der Waals surface area (Å²) < 4.78 is 0. The number of hydrogen-bond donors (Lipinski definition) is 3. The molecule has 6 nitrogen and oxygen atoms in total. The van der Waals surface area contributed by atoms with Crippen molar-refractivity contribution in [3.05, 3.63) is 71.9 Å². The standard InChI is InChI=1S/C25H30N4O2/c1-29-15-11-18(12-16-29)9-13-27-25(31)23(20-5-3-2-4-6-20)28-24(30)21-8-7-19-10-14-26-22(19)17-21/h2-8,10,14,17-18,23,26H,9,11-13,15-16H2,1H3,(H,27,31)(H,28,30)/t23-/m1/s1. The SMILES string of the molecule is CN1CCC(CCNC(=O)[C@H](NC(=O)c2ccc3cc[nH]c3c2)c2ccccc2)CC1. The first kappa shape index (κ1) is 21.1. The first-order valence-electron chi connectivity index (χ1n) is 11.0. The summed E-state index contributed by atoms with van der Waals surface area (Å²) in [6.45, 7) is 2.86. The molecule has 1 fully saturated rings. The molecule has 1 atom stereocenters. The maximum absolute atomic E-state index is 13.0. The third-order valence-corrected chi connectivity index (χ3v) is 6.18. The van der Waals surface area contributed by atoms with Gasteiger partial charge in [0.1, 0.15) is 6.04 Å². The van der Waals surface area contributed by atoms with Crippen LogP contribution in [-0.4, -0.2) is 48.4 Å². The van der Waals surface area contributed by atoms with Crippen LogP contribution in [0.1, 0.15) is 41.2 Å². The number of benzene rings is 2. The Labute approximate surface area is 183 Å². The third-order valence-electron chi connectivity index (χ3n) is 6.18. The molecule has 1 aromatic heterocycles. The quantitative estimate of drug-likeness (QED) is 0.550. The van der Waals surface area contributed by atoms with Crippen molar-refractivity contribution in [2.24, 2.45) is 5.92 Å². The van der Waals surface area contributed by atoms with E-state index in [1.807, 2.05) is 54.7 Å². The second kappa shape index (κ2) is 9.79. The van der Waals surface area contributed by atoms with Gasteiger partial charge in [-0.2, -0.15) is 0 Å². The van der Waals surface area contributed by atoms with E-state index in [0.717, 1.165) is 36.0 Å². The molecule has 3 N–H and O–H groups in total. The Kier molecular flexibility index (Phi) is 6.67. The van der Waals surface area contributed by atoms with Crippen molar-refractivity contribution in [2.75, 3.05) is 26.7 Å². The minimum atomic E-state index is -0.731. The number of carbonyl (C=O) groups is 2. The molecule has 0 bridgehead atoms. The van der Waals surface area contributed by atoms with Gasteiger partial charge >= 0.3 is 0 Å². The summed E-state index contributed by atoms with van der Waals surface area (Å²) in [6.07, 6.45) is 5.16. The van der Waals surface area contributed by atoms with Crippen LogP contribution in [0.5, 0.6) is 0 Å². The average molecular weight is 419 g/mol. The Balaban J connectivity index is 1.41. The Morgan fingerprint density at radius 1 is 1.10 bits per heavy atom. The molecule has 1 aliphatic heterocycles. The summed E-state index contributed by atoms with van der Waals surface area (Å²) in [5.41, 5.74) is 2.19. The molecule has 3 aromatic rings. The highest BCUT2D eigenvalue weighted by Crippen LogP contribution is 2.20. The number of nitrogens with zero attached hydrogens (tertiary/aromatic N) is 1. The summed E-state index contributed by atoms with van der Waals surface area (Å²) >= 11 is 0. The van der Waals surface area contributed by atoms with Crippen LogP contribution in [0, 0.1) is 5.92 Å². The highest BCUT2D eigenvalue weighted by Gasteiger charge is 2.24. The molecule has 0 saturated carbocycles. The van der Waals surface area contributed by atoms with Crippen LogP contribution >= 0.6 is 0 Å². The number of aromatic nitrogens is 1. The molecule has 1 aliphatic rings. The predicted molar refractivity (Wildman–Crippen MR) is 123 cm³/mol. The number of hydrogen-bond acceptors (Lipinski definition) is 3. The van der Waals surface area contributed by atoms with Gasteiger partial charge in [0.05, 0.1) is 0 Å². The molecule has 162 valence electrons. The molecule has 2 amide bonds. The molecule has 2 heterocycles. The van der Waals surface area contributed by atoms with Gasteiger partial charge in [0.15, 0.2) is 0 Å². The highest BCUT2D eigenvalue weighted by atomic mass is 16.2. The minimum absolute atomic E-state index is 0.173. The molecule has 4 rings (SSSR count). The number of rotatable bonds is 7. The number of fused-ring (bicyclic) bond motifs is 1. The van der Waals surface area contributed by atoms with Gasteiger partial charge in [-0.1, -0.05) is 36.4 Å². The zero-order valence-corrected chi connectivity index (χ0v) is 17.9. The van der Waals surface area contributed by atoms with E-state index in [9.17, 15) is 9.59 Å². The molecule has 1 saturated heterocycles. The highest BCUT2D eigenvalue weighted by molar-refractivity contribution is 6.00. The summed E-state index contributed by atoms with van der Waals surface area (Å²) in [6, 6.07) is 16.1. The van der Waals surface area contributed by atoms with Gasteiger partial charge in [-0.15, -0.1) is 0 Å². The van der Waals surface area contributed by atoms with Crippen LogP contribution in [0.2, 0.25) is 0 Å². The fourth-order valence-electron chi connectivity index (χ4n) is 4.20. The van der Waals surface area contributed by atoms with Crippen molar-refractivity contribution < 1.29 is 9.59 Å². The molecule has 0 unspecified atom stereocenters. The van der Waals surface area contributed by atoms with Gasteiger partial charge in [-0.25, -0.2) is 0 Å². The van der Waals surface area contributed by atoms with E-state index in [0.29, 0.717) is 18.0 Å². The van der Waals surface area contributed by atoms with E-state index in [4.69, 9.17) is 0 Å². The second-order valence-electron chi connectivity index (χ2n) is 8.42. The van der Waals surface area contributed by atoms with Crippen LogP contribution in [-0.2, 0) is 4.79 Å². The third kappa shape index (κ3) is 5.33. The number of aromatic amines is 1. The van der Waals surface area contributed by atoms with Crippen LogP contribution in [0.4, 0.5) is 0 Å². The first-order chi connectivity index (χ1) is 15.1. The summed E-state index contributed by atoms with van der Waals surface area (Å²) in [5, 5.41) is 7.02. The lowest BCUT2D eigenvalue weighted by Gasteiger charge is -2.29. The number of piperidine rings is 1. The van der Waals surface area contributed by atoms with Crippen LogP contribution in [0.3, 0.4) is 0 Å². The van der Waals surface area contributed by atoms with Crippen molar-refractivity contribution in [2.45, 2.75) is 25.3 Å². The molecular formula is C25H30N4O2. The normalized spacial score (nSPS) is 16.2. The Morgan fingerprint density at radius 2 is 1.87 bits per heavy atom. The van der Waals surface area contributed by atoms with E-state index in [-0.39, 0.29) is 11.8 Å². The number of amides is 2. The fraction of sp³-hybridized carbons (Fsp3) is 0.360. The average Bonchev–Trinajstić information content (AvgIpc) is 3.27. The molecule has 0 spiro atoms. The molecule has 0 radical (unpaired) electrons. The zero-order chi connectivity index (χ0) is 21.6. The number of carbonyl (C=O) groups excluding carboxylic acids is 2. The van der Waals surface area contributed by atoms with Crippen LogP contribution < -0.4 is 10.6 Å². The minimum Gasteiger partial charge on any atom is -0.361 e. The Bertz CT molecular complexity index is 1020. The van der Waals surface area contributed by atoms with Gasteiger partial charge in [0.25, 0.3) is 5.91 Å². The van der Waals surface area contributed by atoms with Crippen molar-refractivity contribution in [3.8, 4) is 0 Å². The van der Waals surface area contributed by atoms with Gasteiger partial charge in [0.2, 0.25) is 5.91 Å². The molecule has 6 heteroatoms. The van der Waals surface area contributed by atoms with Crippen LogP contribution in [0.25, 0.3) is 10.9 Å².